The summed E-state index contributed by atoms with van der Waals surface area (Å²) >= 11 is 6.13. The smallest absolute Gasteiger partial charge is 0.416 e. The predicted octanol–water partition coefficient (Wildman–Crippen LogP) is 7.53. The van der Waals surface area contributed by atoms with Gasteiger partial charge in [0.05, 0.1) is 21.7 Å². The molecule has 3 amide bonds. The minimum Gasteiger partial charge on any atom is -0.487 e. The lowest BCUT2D eigenvalue weighted by molar-refractivity contribution is -0.211. The van der Waals surface area contributed by atoms with Crippen molar-refractivity contribution in [1.82, 2.24) is 10.6 Å². The first-order valence-corrected chi connectivity index (χ1v) is 13.7. The van der Waals surface area contributed by atoms with E-state index >= 15 is 0 Å². The molecule has 3 N–H and O–H groups in total. The third kappa shape index (κ3) is 9.53. The second-order valence-corrected chi connectivity index (χ2v) is 10.9. The van der Waals surface area contributed by atoms with E-state index in [2.05, 4.69) is 16.0 Å². The van der Waals surface area contributed by atoms with Gasteiger partial charge in [-0.1, -0.05) is 23.7 Å². The summed E-state index contributed by atoms with van der Waals surface area (Å²) in [6.45, 7) is -0.909. The van der Waals surface area contributed by atoms with Gasteiger partial charge in [-0.15, -0.1) is 0 Å². The quantitative estimate of drug-likeness (QED) is 0.181. The molecule has 0 aliphatic carbocycles. The minimum atomic E-state index is -4.96. The van der Waals surface area contributed by atoms with Crippen molar-refractivity contribution < 1.29 is 58.6 Å². The molecule has 0 aromatic heterocycles. The van der Waals surface area contributed by atoms with Crippen molar-refractivity contribution >= 4 is 35.0 Å². The summed E-state index contributed by atoms with van der Waals surface area (Å²) in [6, 6.07) is 8.78. The van der Waals surface area contributed by atoms with Crippen molar-refractivity contribution in [3.05, 3.63) is 93.3 Å². The average Bonchev–Trinajstić information content (AvgIpc) is 2.97. The van der Waals surface area contributed by atoms with E-state index in [9.17, 15) is 53.9 Å². The van der Waals surface area contributed by atoms with Crippen LogP contribution in [0.3, 0.4) is 0 Å². The predicted molar refractivity (Wildman–Crippen MR) is 152 cm³/mol. The molecule has 0 unspecified atom stereocenters. The summed E-state index contributed by atoms with van der Waals surface area (Å²) in [6.07, 6.45) is -12.7. The van der Waals surface area contributed by atoms with E-state index in [1.165, 1.54) is 18.2 Å². The second-order valence-electron chi connectivity index (χ2n) is 10.5. The number of hydrogen-bond donors (Lipinski definition) is 3. The number of carbonyl (C=O) groups is 3. The summed E-state index contributed by atoms with van der Waals surface area (Å²) in [5.74, 6) is -4.89. The lowest BCUT2D eigenvalue weighted by Gasteiger charge is -2.26. The highest BCUT2D eigenvalue weighted by atomic mass is 35.5. The first-order valence-electron chi connectivity index (χ1n) is 13.3. The highest BCUT2D eigenvalue weighted by Crippen LogP contribution is 2.38. The molecule has 3 rings (SSSR count). The third-order valence-corrected chi connectivity index (χ3v) is 7.00. The monoisotopic (exact) mass is 697 g/mol. The zero-order valence-corrected chi connectivity index (χ0v) is 25.1. The van der Waals surface area contributed by atoms with E-state index in [0.717, 1.165) is 30.3 Å². The minimum absolute atomic E-state index is 0.109. The van der Waals surface area contributed by atoms with Crippen molar-refractivity contribution in [3.8, 4) is 5.75 Å². The summed E-state index contributed by atoms with van der Waals surface area (Å²) in [5.41, 5.74) is -5.14. The number of halogens is 10. The lowest BCUT2D eigenvalue weighted by atomic mass is 9.91. The topological polar surface area (TPSA) is 96.5 Å². The van der Waals surface area contributed by atoms with Gasteiger partial charge in [0.1, 0.15) is 23.6 Å². The first kappa shape index (κ1) is 37.0. The Morgan fingerprint density at radius 2 is 1.51 bits per heavy atom. The molecule has 0 bridgehead atoms. The number of nitrogens with one attached hydrogen (secondary N) is 3. The Bertz CT molecular complexity index is 1640. The third-order valence-electron chi connectivity index (χ3n) is 6.67. The number of carbonyl (C=O) groups excluding carboxylic acids is 3. The highest BCUT2D eigenvalue weighted by molar-refractivity contribution is 6.34. The van der Waals surface area contributed by atoms with Crippen molar-refractivity contribution in [2.45, 2.75) is 45.7 Å². The summed E-state index contributed by atoms with van der Waals surface area (Å²) in [5, 5.41) is 6.61. The van der Waals surface area contributed by atoms with E-state index in [1.54, 1.807) is 0 Å². The maximum absolute atomic E-state index is 13.5. The normalized spacial score (nSPS) is 12.1. The summed E-state index contributed by atoms with van der Waals surface area (Å²) in [4.78, 5) is 38.2. The Morgan fingerprint density at radius 1 is 0.830 bits per heavy atom. The molecule has 0 spiro atoms. The summed E-state index contributed by atoms with van der Waals surface area (Å²) < 4.78 is 124. The first-order chi connectivity index (χ1) is 21.7. The SMILES string of the molecule is CC(C)(C(=O)NCc1ccc(Cl)c(C(=O)Nc2ccc(OCC(F)F)c(C(=O)NCc3ccc(F)cc3C(F)(F)F)c2)c1)C(F)(F)F. The number of amides is 3. The molecular weight excluding hydrogens is 673 g/mol. The van der Waals surface area contributed by atoms with E-state index in [4.69, 9.17) is 16.3 Å². The number of benzene rings is 3. The van der Waals surface area contributed by atoms with Crippen LogP contribution in [0.5, 0.6) is 5.75 Å². The molecule has 47 heavy (non-hydrogen) atoms. The van der Waals surface area contributed by atoms with Crippen LogP contribution in [-0.2, 0) is 24.1 Å². The van der Waals surface area contributed by atoms with Gasteiger partial charge in [0.15, 0.2) is 0 Å². The van der Waals surface area contributed by atoms with Gasteiger partial charge >= 0.3 is 12.4 Å². The lowest BCUT2D eigenvalue weighted by Crippen LogP contribution is -2.46. The molecule has 254 valence electrons. The number of anilines is 1. The zero-order valence-electron chi connectivity index (χ0n) is 24.3. The van der Waals surface area contributed by atoms with E-state index < -0.39 is 89.9 Å². The largest absolute Gasteiger partial charge is 0.487 e. The van der Waals surface area contributed by atoms with Gasteiger partial charge in [0.2, 0.25) is 5.91 Å². The number of hydrogen-bond acceptors (Lipinski definition) is 4. The van der Waals surface area contributed by atoms with Crippen LogP contribution in [0.2, 0.25) is 5.02 Å². The van der Waals surface area contributed by atoms with E-state index in [-0.39, 0.29) is 27.9 Å². The Morgan fingerprint density at radius 3 is 2.13 bits per heavy atom. The van der Waals surface area contributed by atoms with Crippen LogP contribution in [0.15, 0.2) is 54.6 Å². The van der Waals surface area contributed by atoms with Crippen molar-refractivity contribution in [2.24, 2.45) is 5.41 Å². The van der Waals surface area contributed by atoms with Gasteiger partial charge in [-0.05, 0) is 67.4 Å². The number of ether oxygens (including phenoxy) is 1. The molecule has 0 heterocycles. The average molecular weight is 698 g/mol. The van der Waals surface area contributed by atoms with Crippen LogP contribution in [0.25, 0.3) is 0 Å². The van der Waals surface area contributed by atoms with Gasteiger partial charge < -0.3 is 20.7 Å². The van der Waals surface area contributed by atoms with Crippen LogP contribution >= 0.6 is 11.6 Å². The van der Waals surface area contributed by atoms with Gasteiger partial charge in [-0.2, -0.15) is 26.3 Å². The fraction of sp³-hybridized carbons (Fsp3) is 0.300. The Kier molecular flexibility index (Phi) is 11.4. The molecule has 7 nitrogen and oxygen atoms in total. The van der Waals surface area contributed by atoms with Gasteiger partial charge in [-0.3, -0.25) is 14.4 Å². The fourth-order valence-corrected chi connectivity index (χ4v) is 4.09. The molecule has 0 aliphatic heterocycles. The van der Waals surface area contributed by atoms with Crippen LogP contribution in [0, 0.1) is 11.2 Å². The number of alkyl halides is 8. The van der Waals surface area contributed by atoms with E-state index in [1.807, 2.05) is 0 Å². The molecule has 0 saturated heterocycles. The zero-order chi connectivity index (χ0) is 35.3. The Labute approximate surface area is 266 Å². The fourth-order valence-electron chi connectivity index (χ4n) is 3.89. The standard InChI is InChI=1S/C30H25ClF9N3O4/c1-28(2,30(38,39)40)27(46)42-12-15-3-7-22(31)19(9-15)26(45)43-18-6-8-23(47-14-24(33)34)20(11-18)25(44)41-13-16-4-5-17(32)10-21(16)29(35,36)37/h3-11,24H,12-14H2,1-2H3,(H,41,44)(H,42,46)(H,43,45). The summed E-state index contributed by atoms with van der Waals surface area (Å²) in [7, 11) is 0. The molecule has 0 aliphatic rings. The number of rotatable bonds is 11. The van der Waals surface area contributed by atoms with E-state index in [0.29, 0.717) is 13.8 Å². The van der Waals surface area contributed by atoms with Crippen LogP contribution in [0.1, 0.15) is 51.3 Å². The molecule has 3 aromatic rings. The molecule has 0 saturated carbocycles. The molecule has 3 aromatic carbocycles. The molecular formula is C30H25ClF9N3O4. The second kappa shape index (κ2) is 14.5. The maximum Gasteiger partial charge on any atom is 0.416 e. The van der Waals surface area contributed by atoms with Gasteiger partial charge in [0, 0.05) is 18.8 Å². The maximum atomic E-state index is 13.5. The Balaban J connectivity index is 1.83. The molecule has 17 heteroatoms. The van der Waals surface area contributed by atoms with Crippen LogP contribution < -0.4 is 20.7 Å². The molecule has 0 fully saturated rings. The molecule has 0 radical (unpaired) electrons. The highest BCUT2D eigenvalue weighted by Gasteiger charge is 2.52. The van der Waals surface area contributed by atoms with Crippen molar-refractivity contribution in [2.75, 3.05) is 11.9 Å². The Hall–Kier alpha value is -4.47. The van der Waals surface area contributed by atoms with Gasteiger partial charge in [0.25, 0.3) is 18.2 Å². The van der Waals surface area contributed by atoms with Gasteiger partial charge in [-0.25, -0.2) is 13.2 Å². The van der Waals surface area contributed by atoms with Crippen molar-refractivity contribution in [1.29, 1.82) is 0 Å². The van der Waals surface area contributed by atoms with Crippen LogP contribution in [-0.4, -0.2) is 36.9 Å². The van der Waals surface area contributed by atoms with Crippen LogP contribution in [0.4, 0.5) is 45.2 Å². The molecule has 0 atom stereocenters. The van der Waals surface area contributed by atoms with Crippen molar-refractivity contribution in [3.63, 3.8) is 0 Å².